The Hall–Kier alpha value is -1.83. The summed E-state index contributed by atoms with van der Waals surface area (Å²) in [5, 5.41) is 0. The molecule has 3 rings (SSSR count). The lowest BCUT2D eigenvalue weighted by Crippen LogP contribution is -2.26. The van der Waals surface area contributed by atoms with E-state index in [-0.39, 0.29) is 5.97 Å². The summed E-state index contributed by atoms with van der Waals surface area (Å²) in [6, 6.07) is 9.74. The van der Waals surface area contributed by atoms with E-state index in [0.29, 0.717) is 18.4 Å². The van der Waals surface area contributed by atoms with Gasteiger partial charge in [-0.25, -0.2) is 0 Å². The topological polar surface area (TPSA) is 26.3 Å². The van der Waals surface area contributed by atoms with Gasteiger partial charge in [0.15, 0.2) is 0 Å². The number of carbonyl (C=O) groups is 1. The molecule has 25 heavy (non-hydrogen) atoms. The lowest BCUT2D eigenvalue weighted by Gasteiger charge is -2.36. The van der Waals surface area contributed by atoms with Gasteiger partial charge in [0.1, 0.15) is 6.61 Å². The molecular formula is C23H30O2. The summed E-state index contributed by atoms with van der Waals surface area (Å²) in [4.78, 5) is 11.9. The molecule has 3 atom stereocenters. The quantitative estimate of drug-likeness (QED) is 0.485. The predicted molar refractivity (Wildman–Crippen MR) is 102 cm³/mol. The van der Waals surface area contributed by atoms with E-state index in [1.54, 1.807) is 0 Å². The molecule has 1 aromatic rings. The van der Waals surface area contributed by atoms with Gasteiger partial charge in [0.25, 0.3) is 0 Å². The number of ether oxygens (including phenoxy) is 1. The Kier molecular flexibility index (Phi) is 5.46. The average Bonchev–Trinajstić information content (AvgIpc) is 3.17. The van der Waals surface area contributed by atoms with Crippen LogP contribution in [0.5, 0.6) is 0 Å². The third-order valence-electron chi connectivity index (χ3n) is 6.37. The van der Waals surface area contributed by atoms with Gasteiger partial charge in [-0.15, -0.1) is 0 Å². The molecule has 2 heteroatoms. The van der Waals surface area contributed by atoms with E-state index >= 15 is 0 Å². The molecule has 2 aliphatic carbocycles. The highest BCUT2D eigenvalue weighted by molar-refractivity contribution is 5.72. The molecule has 0 radical (unpaired) electrons. The number of esters is 1. The van der Waals surface area contributed by atoms with Crippen molar-refractivity contribution in [2.24, 2.45) is 17.3 Å². The smallest absolute Gasteiger partial charge is 0.310 e. The fourth-order valence-corrected chi connectivity index (χ4v) is 4.66. The van der Waals surface area contributed by atoms with Crippen LogP contribution in [0.25, 0.3) is 0 Å². The van der Waals surface area contributed by atoms with Gasteiger partial charge in [0.05, 0.1) is 6.42 Å². The number of hydrogen-bond acceptors (Lipinski definition) is 2. The molecule has 0 amide bonds. The SMILES string of the molecule is C=C1C2CCC(C2)C1(C)CCC=C(C)COC(=O)Cc1ccccc1. The van der Waals surface area contributed by atoms with E-state index in [0.717, 1.165) is 29.4 Å². The van der Waals surface area contributed by atoms with Crippen LogP contribution in [-0.2, 0) is 16.0 Å². The highest BCUT2D eigenvalue weighted by atomic mass is 16.5. The van der Waals surface area contributed by atoms with Crippen molar-refractivity contribution in [1.82, 2.24) is 0 Å². The molecule has 2 bridgehead atoms. The number of carbonyl (C=O) groups excluding carboxylic acids is 1. The number of benzene rings is 1. The molecule has 2 aliphatic rings. The van der Waals surface area contributed by atoms with E-state index in [4.69, 9.17) is 4.74 Å². The Morgan fingerprint density at radius 3 is 2.76 bits per heavy atom. The molecule has 134 valence electrons. The van der Waals surface area contributed by atoms with Crippen LogP contribution in [0.2, 0.25) is 0 Å². The Labute approximate surface area is 152 Å². The van der Waals surface area contributed by atoms with Crippen LogP contribution in [0.15, 0.2) is 54.1 Å². The maximum Gasteiger partial charge on any atom is 0.310 e. The number of hydrogen-bond donors (Lipinski definition) is 0. The molecule has 1 aromatic carbocycles. The lowest BCUT2D eigenvalue weighted by atomic mass is 9.69. The summed E-state index contributed by atoms with van der Waals surface area (Å²) in [6.07, 6.45) is 8.87. The van der Waals surface area contributed by atoms with Crippen LogP contribution in [0.4, 0.5) is 0 Å². The van der Waals surface area contributed by atoms with Crippen LogP contribution in [0.3, 0.4) is 0 Å². The Bertz CT molecular complexity index is 658. The minimum absolute atomic E-state index is 0.160. The van der Waals surface area contributed by atoms with Gasteiger partial charge in [0, 0.05) is 0 Å². The number of fused-ring (bicyclic) bond motifs is 2. The standard InChI is InChI=1S/C23H30O2/c1-17(16-25-22(24)14-19-9-5-4-6-10-19)8-7-13-23(3)18(2)20-11-12-21(23)15-20/h4-6,8-10,20-21H,2,7,11-16H2,1,3H3. The van der Waals surface area contributed by atoms with Crippen LogP contribution < -0.4 is 0 Å². The monoisotopic (exact) mass is 338 g/mol. The summed E-state index contributed by atoms with van der Waals surface area (Å²) in [7, 11) is 0. The highest BCUT2D eigenvalue weighted by Gasteiger charge is 2.49. The summed E-state index contributed by atoms with van der Waals surface area (Å²) < 4.78 is 5.40. The largest absolute Gasteiger partial charge is 0.461 e. The first-order valence-electron chi connectivity index (χ1n) is 9.53. The lowest BCUT2D eigenvalue weighted by molar-refractivity contribution is -0.141. The zero-order valence-electron chi connectivity index (χ0n) is 15.6. The summed E-state index contributed by atoms with van der Waals surface area (Å²) >= 11 is 0. The first-order valence-corrected chi connectivity index (χ1v) is 9.53. The van der Waals surface area contributed by atoms with Crippen LogP contribution in [0.1, 0.15) is 51.5 Å². The van der Waals surface area contributed by atoms with Crippen molar-refractivity contribution in [3.63, 3.8) is 0 Å². The maximum atomic E-state index is 11.9. The number of allylic oxidation sites excluding steroid dienone is 2. The van der Waals surface area contributed by atoms with Crippen LogP contribution >= 0.6 is 0 Å². The van der Waals surface area contributed by atoms with Crippen LogP contribution in [0, 0.1) is 17.3 Å². The van der Waals surface area contributed by atoms with Gasteiger partial charge < -0.3 is 4.74 Å². The highest BCUT2D eigenvalue weighted by Crippen LogP contribution is 2.60. The Morgan fingerprint density at radius 2 is 2.08 bits per heavy atom. The van der Waals surface area contributed by atoms with Gasteiger partial charge in [0.2, 0.25) is 0 Å². The third kappa shape index (κ3) is 4.05. The first kappa shape index (κ1) is 18.0. The van der Waals surface area contributed by atoms with Gasteiger partial charge in [-0.05, 0) is 67.4 Å². The van der Waals surface area contributed by atoms with Crippen molar-refractivity contribution in [3.8, 4) is 0 Å². The molecule has 2 fully saturated rings. The molecule has 0 saturated heterocycles. The van der Waals surface area contributed by atoms with E-state index < -0.39 is 0 Å². The fourth-order valence-electron chi connectivity index (χ4n) is 4.66. The van der Waals surface area contributed by atoms with E-state index in [2.05, 4.69) is 19.6 Å². The van der Waals surface area contributed by atoms with Gasteiger partial charge in [-0.2, -0.15) is 0 Å². The maximum absolute atomic E-state index is 11.9. The molecule has 0 aromatic heterocycles. The second kappa shape index (κ2) is 7.59. The van der Waals surface area contributed by atoms with Crippen molar-refractivity contribution in [3.05, 3.63) is 59.7 Å². The summed E-state index contributed by atoms with van der Waals surface area (Å²) in [5.74, 6) is 1.45. The van der Waals surface area contributed by atoms with E-state index in [1.807, 2.05) is 37.3 Å². The second-order valence-corrected chi connectivity index (χ2v) is 8.06. The third-order valence-corrected chi connectivity index (χ3v) is 6.37. The molecule has 2 saturated carbocycles. The summed E-state index contributed by atoms with van der Waals surface area (Å²) in [5.41, 5.74) is 3.95. The zero-order chi connectivity index (χ0) is 17.9. The fraction of sp³-hybridized carbons (Fsp3) is 0.522. The summed E-state index contributed by atoms with van der Waals surface area (Å²) in [6.45, 7) is 9.25. The molecular weight excluding hydrogens is 308 g/mol. The van der Waals surface area contributed by atoms with Gasteiger partial charge in [-0.3, -0.25) is 4.79 Å². The molecule has 2 nitrogen and oxygen atoms in total. The molecule has 0 aliphatic heterocycles. The molecule has 0 heterocycles. The minimum Gasteiger partial charge on any atom is -0.461 e. The predicted octanol–water partition coefficient (Wildman–Crippen LogP) is 5.49. The minimum atomic E-state index is -0.160. The van der Waals surface area contributed by atoms with Gasteiger partial charge in [-0.1, -0.05) is 55.5 Å². The number of rotatable bonds is 7. The molecule has 0 N–H and O–H groups in total. The normalized spacial score (nSPS) is 28.4. The first-order chi connectivity index (χ1) is 12.0. The van der Waals surface area contributed by atoms with Crippen molar-refractivity contribution in [2.45, 2.75) is 52.4 Å². The second-order valence-electron chi connectivity index (χ2n) is 8.06. The van der Waals surface area contributed by atoms with Crippen molar-refractivity contribution >= 4 is 5.97 Å². The van der Waals surface area contributed by atoms with Crippen molar-refractivity contribution in [2.75, 3.05) is 6.61 Å². The van der Waals surface area contributed by atoms with E-state index in [9.17, 15) is 4.79 Å². The Balaban J connectivity index is 1.42. The average molecular weight is 338 g/mol. The van der Waals surface area contributed by atoms with E-state index in [1.165, 1.54) is 31.3 Å². The zero-order valence-corrected chi connectivity index (χ0v) is 15.6. The molecule has 0 spiro atoms. The van der Waals surface area contributed by atoms with Crippen molar-refractivity contribution in [1.29, 1.82) is 0 Å². The van der Waals surface area contributed by atoms with Gasteiger partial charge >= 0.3 is 5.97 Å². The Morgan fingerprint density at radius 1 is 1.32 bits per heavy atom. The van der Waals surface area contributed by atoms with Crippen molar-refractivity contribution < 1.29 is 9.53 Å². The molecule has 3 unspecified atom stereocenters. The van der Waals surface area contributed by atoms with Crippen LogP contribution in [-0.4, -0.2) is 12.6 Å².